The van der Waals surface area contributed by atoms with Gasteiger partial charge in [-0.15, -0.1) is 24.8 Å². The van der Waals surface area contributed by atoms with E-state index in [0.29, 0.717) is 38.6 Å². The van der Waals surface area contributed by atoms with Gasteiger partial charge in [-0.05, 0) is 73.6 Å². The van der Waals surface area contributed by atoms with Crippen LogP contribution in [0, 0.1) is 0 Å². The summed E-state index contributed by atoms with van der Waals surface area (Å²) in [4.78, 5) is 31.8. The minimum absolute atomic E-state index is 0. The number of benzene rings is 3. The zero-order valence-corrected chi connectivity index (χ0v) is 26.9. The molecule has 5 rings (SSSR count). The van der Waals surface area contributed by atoms with E-state index in [9.17, 15) is 9.59 Å². The third kappa shape index (κ3) is 8.95. The summed E-state index contributed by atoms with van der Waals surface area (Å²) in [5, 5.41) is 0. The van der Waals surface area contributed by atoms with Gasteiger partial charge in [0, 0.05) is 32.7 Å². The van der Waals surface area contributed by atoms with E-state index in [1.54, 1.807) is 47.4 Å². The number of amides is 2. The Morgan fingerprint density at radius 2 is 1.60 bits per heavy atom. The normalized spacial score (nSPS) is 16.5. The molecule has 12 heteroatoms. The summed E-state index contributed by atoms with van der Waals surface area (Å²) in [6.07, 6.45) is 2.77. The maximum absolute atomic E-state index is 13.2. The van der Waals surface area contributed by atoms with Crippen molar-refractivity contribution in [1.82, 2.24) is 9.80 Å². The van der Waals surface area contributed by atoms with Crippen molar-refractivity contribution in [2.45, 2.75) is 6.42 Å². The molecule has 0 bridgehead atoms. The highest BCUT2D eigenvalue weighted by atomic mass is 35.5. The van der Waals surface area contributed by atoms with Gasteiger partial charge in [0.05, 0.1) is 22.8 Å². The molecule has 0 aromatic heterocycles. The van der Waals surface area contributed by atoms with Crippen molar-refractivity contribution in [2.75, 3.05) is 51.3 Å². The minimum Gasteiger partial charge on any atom is -0.494 e. The molecule has 2 aliphatic rings. The molecule has 2 saturated heterocycles. The summed E-state index contributed by atoms with van der Waals surface area (Å²) in [5.74, 6) is 0.976. The summed E-state index contributed by atoms with van der Waals surface area (Å²) >= 11 is 6.80. The number of hydrogen-bond donors (Lipinski definition) is 1. The summed E-state index contributed by atoms with van der Waals surface area (Å²) < 4.78 is 12.3. The Morgan fingerprint density at radius 1 is 0.953 bits per heavy atom. The Kier molecular flexibility index (Phi) is 12.9. The van der Waals surface area contributed by atoms with Crippen LogP contribution in [-0.4, -0.2) is 72.3 Å². The number of nitrogens with zero attached hydrogens (tertiary/aromatic N) is 3. The number of thiocarbonyl (C=S) groups is 1. The Labute approximate surface area is 274 Å². The quantitative estimate of drug-likeness (QED) is 0.165. The molecule has 3 aromatic carbocycles. The molecular weight excluding hydrogens is 627 g/mol. The molecule has 2 aliphatic heterocycles. The van der Waals surface area contributed by atoms with E-state index in [1.165, 1.54) is 11.8 Å². The smallest absolute Gasteiger partial charge is 0.270 e. The van der Waals surface area contributed by atoms with Crippen LogP contribution in [0.4, 0.5) is 5.69 Å². The lowest BCUT2D eigenvalue weighted by Crippen LogP contribution is -2.44. The highest BCUT2D eigenvalue weighted by molar-refractivity contribution is 8.27. The van der Waals surface area contributed by atoms with E-state index in [1.807, 2.05) is 36.4 Å². The molecule has 2 N–H and O–H groups in total. The van der Waals surface area contributed by atoms with Crippen LogP contribution < -0.4 is 20.1 Å². The number of primary amides is 1. The third-order valence-corrected chi connectivity index (χ3v) is 8.23. The lowest BCUT2D eigenvalue weighted by molar-refractivity contribution is -0.113. The molecule has 8 nitrogen and oxygen atoms in total. The maximum atomic E-state index is 13.2. The number of halogens is 2. The first kappa shape index (κ1) is 34.4. The lowest BCUT2D eigenvalue weighted by Gasteiger charge is -2.32. The number of carbonyl (C=O) groups is 2. The van der Waals surface area contributed by atoms with Crippen molar-refractivity contribution in [3.05, 3.63) is 88.8 Å². The van der Waals surface area contributed by atoms with E-state index in [0.717, 1.165) is 50.5 Å². The predicted molar refractivity (Wildman–Crippen MR) is 182 cm³/mol. The molecule has 2 fully saturated rings. The van der Waals surface area contributed by atoms with E-state index in [2.05, 4.69) is 16.8 Å². The number of thioether (sulfide) groups is 1. The van der Waals surface area contributed by atoms with Crippen LogP contribution in [0.5, 0.6) is 17.2 Å². The Morgan fingerprint density at radius 3 is 2.28 bits per heavy atom. The van der Waals surface area contributed by atoms with Gasteiger partial charge in [0.2, 0.25) is 0 Å². The zero-order valence-electron chi connectivity index (χ0n) is 23.6. The van der Waals surface area contributed by atoms with Gasteiger partial charge < -0.3 is 25.0 Å². The largest absolute Gasteiger partial charge is 0.494 e. The first-order valence-electron chi connectivity index (χ1n) is 13.5. The molecule has 2 heterocycles. The van der Waals surface area contributed by atoms with Crippen LogP contribution in [0.15, 0.2) is 77.7 Å². The number of nitrogens with two attached hydrogens (primary N) is 1. The highest BCUT2D eigenvalue weighted by Crippen LogP contribution is 2.37. The van der Waals surface area contributed by atoms with Crippen LogP contribution in [0.25, 0.3) is 6.08 Å². The van der Waals surface area contributed by atoms with Crippen molar-refractivity contribution in [3.63, 3.8) is 0 Å². The number of hydrogen-bond acceptors (Lipinski definition) is 8. The molecule has 228 valence electrons. The number of likely N-dealkylation sites (N-methyl/N-ethyl adjacent to an activating group) is 1. The predicted octanol–water partition coefficient (Wildman–Crippen LogP) is 5.84. The fourth-order valence-corrected chi connectivity index (χ4v) is 5.90. The van der Waals surface area contributed by atoms with Crippen LogP contribution in [0.1, 0.15) is 22.3 Å². The van der Waals surface area contributed by atoms with Gasteiger partial charge >= 0.3 is 0 Å². The second-order valence-corrected chi connectivity index (χ2v) is 11.6. The molecule has 0 radical (unpaired) electrons. The number of para-hydroxylation sites is 1. The monoisotopic (exact) mass is 660 g/mol. The number of carbonyl (C=O) groups excluding carboxylic acids is 2. The molecule has 2 amide bonds. The van der Waals surface area contributed by atoms with Crippen molar-refractivity contribution >= 4 is 76.7 Å². The summed E-state index contributed by atoms with van der Waals surface area (Å²) in [6.45, 7) is 6.13. The van der Waals surface area contributed by atoms with E-state index in [-0.39, 0.29) is 30.7 Å². The van der Waals surface area contributed by atoms with E-state index in [4.69, 9.17) is 27.4 Å². The molecule has 0 saturated carbocycles. The van der Waals surface area contributed by atoms with Gasteiger partial charge in [0.25, 0.3) is 11.8 Å². The van der Waals surface area contributed by atoms with Crippen molar-refractivity contribution in [3.8, 4) is 17.2 Å². The summed E-state index contributed by atoms with van der Waals surface area (Å²) in [5.41, 5.74) is 7.27. The molecule has 43 heavy (non-hydrogen) atoms. The number of piperazine rings is 1. The third-order valence-electron chi connectivity index (χ3n) is 6.93. The fourth-order valence-electron chi connectivity index (χ4n) is 4.60. The maximum Gasteiger partial charge on any atom is 0.270 e. The molecule has 0 atom stereocenters. The van der Waals surface area contributed by atoms with Crippen LogP contribution >= 0.6 is 48.8 Å². The fraction of sp³-hybridized carbons (Fsp3) is 0.258. The molecule has 3 aromatic rings. The Hall–Kier alpha value is -3.12. The van der Waals surface area contributed by atoms with Gasteiger partial charge in [-0.1, -0.05) is 48.2 Å². The summed E-state index contributed by atoms with van der Waals surface area (Å²) in [6, 6.07) is 21.5. The van der Waals surface area contributed by atoms with Crippen LogP contribution in [0.2, 0.25) is 0 Å². The molecule has 0 unspecified atom stereocenters. The Balaban J connectivity index is 0.00000253. The lowest BCUT2D eigenvalue weighted by atomic mass is 10.2. The SMILES string of the molecule is CN1CCN(CCCOc2ccc(N3C(=O)C(=Cc4ccc(Oc5ccccc5C(N)=O)cc4)SC3=S)cc2)CC1.Cl.Cl. The number of rotatable bonds is 10. The standard InChI is InChI=1S/C31H32N4O4S2.2ClH/c1-33-16-18-34(19-17-33)15-4-20-38-24-13-9-23(10-14-24)35-30(37)28(41-31(35)40)21-22-7-11-25(12-8-22)39-27-6-3-2-5-26(27)29(32)36;;/h2-3,5-14,21H,4,15-20H2,1H3,(H2,32,36);2*1H. The zero-order chi connectivity index (χ0) is 28.8. The first-order valence-corrected chi connectivity index (χ1v) is 14.7. The van der Waals surface area contributed by atoms with Gasteiger partial charge in [-0.3, -0.25) is 14.5 Å². The van der Waals surface area contributed by atoms with Crippen LogP contribution in [0.3, 0.4) is 0 Å². The average molecular weight is 662 g/mol. The average Bonchev–Trinajstić information content (AvgIpc) is 3.25. The number of anilines is 1. The first-order chi connectivity index (χ1) is 19.9. The minimum atomic E-state index is -0.557. The second-order valence-electron chi connectivity index (χ2n) is 9.89. The molecule has 0 spiro atoms. The Bertz CT molecular complexity index is 1450. The highest BCUT2D eigenvalue weighted by Gasteiger charge is 2.33. The number of ether oxygens (including phenoxy) is 2. The van der Waals surface area contributed by atoms with Gasteiger partial charge in [-0.2, -0.15) is 0 Å². The topological polar surface area (TPSA) is 88.3 Å². The van der Waals surface area contributed by atoms with Crippen molar-refractivity contribution in [2.24, 2.45) is 5.73 Å². The van der Waals surface area contributed by atoms with Crippen LogP contribution in [-0.2, 0) is 4.79 Å². The molecule has 0 aliphatic carbocycles. The van der Waals surface area contributed by atoms with E-state index >= 15 is 0 Å². The molecular formula is C31H34Cl2N4O4S2. The van der Waals surface area contributed by atoms with Gasteiger partial charge in [0.15, 0.2) is 4.32 Å². The second kappa shape index (κ2) is 16.1. The van der Waals surface area contributed by atoms with E-state index < -0.39 is 5.91 Å². The van der Waals surface area contributed by atoms with Gasteiger partial charge in [-0.25, -0.2) is 0 Å². The van der Waals surface area contributed by atoms with Crippen molar-refractivity contribution < 1.29 is 19.1 Å². The summed E-state index contributed by atoms with van der Waals surface area (Å²) in [7, 11) is 2.16. The van der Waals surface area contributed by atoms with Crippen molar-refractivity contribution in [1.29, 1.82) is 0 Å². The van der Waals surface area contributed by atoms with Gasteiger partial charge in [0.1, 0.15) is 17.2 Å².